The molecule has 1 amide bonds. The lowest BCUT2D eigenvalue weighted by molar-refractivity contribution is -0.132. The lowest BCUT2D eigenvalue weighted by Crippen LogP contribution is -2.32. The molecule has 2 aromatic carbocycles. The molecular weight excluding hydrogens is 314 g/mol. The number of aryl methyl sites for hydroxylation is 1. The number of amides is 1. The average Bonchev–Trinajstić information content (AvgIpc) is 3.17. The molecule has 3 rings (SSSR count). The minimum Gasteiger partial charge on any atom is -0.497 e. The van der Waals surface area contributed by atoms with Gasteiger partial charge in [-0.3, -0.25) is 4.79 Å². The van der Waals surface area contributed by atoms with Gasteiger partial charge in [-0.15, -0.1) is 0 Å². The molecule has 4 nitrogen and oxygen atoms in total. The Morgan fingerprint density at radius 3 is 2.40 bits per heavy atom. The third-order valence-corrected chi connectivity index (χ3v) is 4.82. The normalized spacial score (nSPS) is 16.7. The average molecular weight is 339 g/mol. The smallest absolute Gasteiger partial charge is 0.260 e. The van der Waals surface area contributed by atoms with Crippen LogP contribution < -0.4 is 9.47 Å². The molecule has 0 aromatic heterocycles. The zero-order valence-electron chi connectivity index (χ0n) is 14.9. The first kappa shape index (κ1) is 17.3. The third-order valence-electron chi connectivity index (χ3n) is 4.82. The maximum absolute atomic E-state index is 12.4. The number of benzene rings is 2. The summed E-state index contributed by atoms with van der Waals surface area (Å²) in [6.07, 6.45) is 1.99. The molecule has 0 bridgehead atoms. The fourth-order valence-corrected chi connectivity index (χ4v) is 3.19. The number of carbonyl (C=O) groups excluding carboxylic acids is 1. The quantitative estimate of drug-likeness (QED) is 0.806. The van der Waals surface area contributed by atoms with Gasteiger partial charge in [0.1, 0.15) is 11.5 Å². The molecule has 1 saturated heterocycles. The topological polar surface area (TPSA) is 38.8 Å². The molecule has 0 spiro atoms. The molecule has 132 valence electrons. The minimum atomic E-state index is 0.0515. The molecule has 0 saturated carbocycles. The number of carbonyl (C=O) groups is 1. The first-order valence-electron chi connectivity index (χ1n) is 8.83. The summed E-state index contributed by atoms with van der Waals surface area (Å²) in [7, 11) is 1.67. The lowest BCUT2D eigenvalue weighted by Gasteiger charge is -2.17. The number of nitrogens with zero attached hydrogens (tertiary/aromatic N) is 1. The summed E-state index contributed by atoms with van der Waals surface area (Å²) in [6.45, 7) is 3.75. The highest BCUT2D eigenvalue weighted by Gasteiger charge is 2.27. The lowest BCUT2D eigenvalue weighted by atomic mass is 9.98. The van der Waals surface area contributed by atoms with Gasteiger partial charge in [-0.2, -0.15) is 0 Å². The monoisotopic (exact) mass is 339 g/mol. The molecule has 2 aromatic rings. The Kier molecular flexibility index (Phi) is 5.59. The van der Waals surface area contributed by atoms with E-state index in [-0.39, 0.29) is 12.5 Å². The predicted octanol–water partition coefficient (Wildman–Crippen LogP) is 3.65. The van der Waals surface area contributed by atoms with E-state index in [1.165, 1.54) is 11.1 Å². The summed E-state index contributed by atoms with van der Waals surface area (Å²) in [4.78, 5) is 14.3. The van der Waals surface area contributed by atoms with Crippen molar-refractivity contribution in [3.63, 3.8) is 0 Å². The first-order valence-corrected chi connectivity index (χ1v) is 8.83. The van der Waals surface area contributed by atoms with Gasteiger partial charge in [0, 0.05) is 19.0 Å². The van der Waals surface area contributed by atoms with Gasteiger partial charge in [0.15, 0.2) is 6.61 Å². The fraction of sp³-hybridized carbons (Fsp3) is 0.381. The van der Waals surface area contributed by atoms with E-state index in [9.17, 15) is 4.79 Å². The molecule has 4 heteroatoms. The van der Waals surface area contributed by atoms with E-state index < -0.39 is 0 Å². The van der Waals surface area contributed by atoms with Gasteiger partial charge in [0.05, 0.1) is 7.11 Å². The van der Waals surface area contributed by atoms with Crippen LogP contribution in [0.25, 0.3) is 0 Å². The third kappa shape index (κ3) is 4.32. The standard InChI is InChI=1S/C21H25NO3/c1-3-16-4-8-20(9-5-16)25-15-21(23)22-13-12-18(14-22)17-6-10-19(24-2)11-7-17/h4-11,18H,3,12-15H2,1-2H3. The Hall–Kier alpha value is -2.49. The molecule has 1 aliphatic heterocycles. The highest BCUT2D eigenvalue weighted by Crippen LogP contribution is 2.28. The first-order chi connectivity index (χ1) is 12.2. The van der Waals surface area contributed by atoms with Gasteiger partial charge in [0.2, 0.25) is 0 Å². The molecule has 1 unspecified atom stereocenters. The number of methoxy groups -OCH3 is 1. The van der Waals surface area contributed by atoms with Crippen LogP contribution in [0.1, 0.15) is 30.4 Å². The second-order valence-electron chi connectivity index (χ2n) is 6.38. The van der Waals surface area contributed by atoms with Gasteiger partial charge in [0.25, 0.3) is 5.91 Å². The van der Waals surface area contributed by atoms with Crippen LogP contribution in [-0.2, 0) is 11.2 Å². The fourth-order valence-electron chi connectivity index (χ4n) is 3.19. The Balaban J connectivity index is 1.51. The molecular formula is C21H25NO3. The number of hydrogen-bond acceptors (Lipinski definition) is 3. The molecule has 0 aliphatic carbocycles. The molecule has 1 aliphatic rings. The van der Waals surface area contributed by atoms with Crippen molar-refractivity contribution >= 4 is 5.91 Å². The van der Waals surface area contributed by atoms with Crippen molar-refractivity contribution in [2.45, 2.75) is 25.7 Å². The summed E-state index contributed by atoms with van der Waals surface area (Å²) >= 11 is 0. The van der Waals surface area contributed by atoms with Crippen molar-refractivity contribution in [2.24, 2.45) is 0 Å². The van der Waals surface area contributed by atoms with Crippen LogP contribution >= 0.6 is 0 Å². The van der Waals surface area contributed by atoms with Crippen molar-refractivity contribution in [1.29, 1.82) is 0 Å². The number of hydrogen-bond donors (Lipinski definition) is 0. The van der Waals surface area contributed by atoms with Crippen LogP contribution in [0.4, 0.5) is 0 Å². The maximum Gasteiger partial charge on any atom is 0.260 e. The molecule has 25 heavy (non-hydrogen) atoms. The Morgan fingerprint density at radius 2 is 1.76 bits per heavy atom. The SMILES string of the molecule is CCc1ccc(OCC(=O)N2CCC(c3ccc(OC)cc3)C2)cc1. The van der Waals surface area contributed by atoms with E-state index in [4.69, 9.17) is 9.47 Å². The van der Waals surface area contributed by atoms with E-state index >= 15 is 0 Å². The minimum absolute atomic E-state index is 0.0515. The second-order valence-corrected chi connectivity index (χ2v) is 6.38. The number of ether oxygens (including phenoxy) is 2. The molecule has 0 N–H and O–H groups in total. The zero-order chi connectivity index (χ0) is 17.6. The van der Waals surface area contributed by atoms with Crippen LogP contribution in [0, 0.1) is 0 Å². The van der Waals surface area contributed by atoms with Gasteiger partial charge < -0.3 is 14.4 Å². The highest BCUT2D eigenvalue weighted by molar-refractivity contribution is 5.78. The van der Waals surface area contributed by atoms with Crippen molar-refractivity contribution in [2.75, 3.05) is 26.8 Å². The molecule has 1 atom stereocenters. The maximum atomic E-state index is 12.4. The summed E-state index contributed by atoms with van der Waals surface area (Å²) in [6, 6.07) is 16.1. The summed E-state index contributed by atoms with van der Waals surface area (Å²) in [5, 5.41) is 0. The van der Waals surface area contributed by atoms with Crippen molar-refractivity contribution in [3.05, 3.63) is 59.7 Å². The predicted molar refractivity (Wildman–Crippen MR) is 98.2 cm³/mol. The van der Waals surface area contributed by atoms with E-state index in [1.54, 1.807) is 7.11 Å². The zero-order valence-corrected chi connectivity index (χ0v) is 14.9. The van der Waals surface area contributed by atoms with Gasteiger partial charge >= 0.3 is 0 Å². The van der Waals surface area contributed by atoms with Crippen molar-refractivity contribution in [1.82, 2.24) is 4.90 Å². The van der Waals surface area contributed by atoms with Crippen LogP contribution in [0.5, 0.6) is 11.5 Å². The Labute approximate surface area is 149 Å². The van der Waals surface area contributed by atoms with Gasteiger partial charge in [-0.1, -0.05) is 31.2 Å². The van der Waals surface area contributed by atoms with Crippen LogP contribution in [0.15, 0.2) is 48.5 Å². The summed E-state index contributed by atoms with van der Waals surface area (Å²) in [5.41, 5.74) is 2.52. The van der Waals surface area contributed by atoms with E-state index in [0.717, 1.165) is 37.4 Å². The second kappa shape index (κ2) is 8.06. The number of likely N-dealkylation sites (tertiary alicyclic amines) is 1. The van der Waals surface area contributed by atoms with E-state index in [0.29, 0.717) is 5.92 Å². The molecule has 1 heterocycles. The van der Waals surface area contributed by atoms with Crippen LogP contribution in [-0.4, -0.2) is 37.6 Å². The summed E-state index contributed by atoms with van der Waals surface area (Å²) in [5.74, 6) is 2.04. The van der Waals surface area contributed by atoms with Crippen LogP contribution in [0.3, 0.4) is 0 Å². The summed E-state index contributed by atoms with van der Waals surface area (Å²) < 4.78 is 10.8. The Morgan fingerprint density at radius 1 is 1.08 bits per heavy atom. The molecule has 0 radical (unpaired) electrons. The largest absolute Gasteiger partial charge is 0.497 e. The van der Waals surface area contributed by atoms with Crippen LogP contribution in [0.2, 0.25) is 0 Å². The van der Waals surface area contributed by atoms with Crippen molar-refractivity contribution in [3.8, 4) is 11.5 Å². The van der Waals surface area contributed by atoms with Gasteiger partial charge in [-0.25, -0.2) is 0 Å². The Bertz CT molecular complexity index is 694. The molecule has 1 fully saturated rings. The highest BCUT2D eigenvalue weighted by atomic mass is 16.5. The number of rotatable bonds is 6. The van der Waals surface area contributed by atoms with E-state index in [1.807, 2.05) is 41.3 Å². The van der Waals surface area contributed by atoms with E-state index in [2.05, 4.69) is 19.1 Å². The van der Waals surface area contributed by atoms with Crippen molar-refractivity contribution < 1.29 is 14.3 Å². The van der Waals surface area contributed by atoms with Gasteiger partial charge in [-0.05, 0) is 48.2 Å².